The summed E-state index contributed by atoms with van der Waals surface area (Å²) in [5, 5.41) is 6.83. The Balaban J connectivity index is 2.77. The van der Waals surface area contributed by atoms with E-state index in [1.54, 1.807) is 7.11 Å². The van der Waals surface area contributed by atoms with Gasteiger partial charge in [-0.3, -0.25) is 4.79 Å². The zero-order valence-corrected chi connectivity index (χ0v) is 14.3. The molecule has 0 aliphatic rings. The van der Waals surface area contributed by atoms with Crippen LogP contribution in [0.25, 0.3) is 0 Å². The molecule has 1 unspecified atom stereocenters. The van der Waals surface area contributed by atoms with E-state index < -0.39 is 0 Å². The van der Waals surface area contributed by atoms with Gasteiger partial charge in [0.2, 0.25) is 0 Å². The monoisotopic (exact) mass is 314 g/mol. The lowest BCUT2D eigenvalue weighted by Crippen LogP contribution is -2.37. The van der Waals surface area contributed by atoms with Crippen LogP contribution < -0.4 is 16.4 Å². The van der Waals surface area contributed by atoms with E-state index in [2.05, 4.69) is 22.5 Å². The first kappa shape index (κ1) is 17.7. The molecule has 1 amide bonds. The van der Waals surface area contributed by atoms with Gasteiger partial charge in [0.1, 0.15) is 10.7 Å². The fourth-order valence-corrected chi connectivity index (χ4v) is 2.86. The van der Waals surface area contributed by atoms with Gasteiger partial charge in [-0.05, 0) is 27.2 Å². The van der Waals surface area contributed by atoms with Gasteiger partial charge >= 0.3 is 0 Å². The van der Waals surface area contributed by atoms with Gasteiger partial charge in [0.15, 0.2) is 5.13 Å². The summed E-state index contributed by atoms with van der Waals surface area (Å²) < 4.78 is 5.12. The van der Waals surface area contributed by atoms with Crippen LogP contribution in [0.5, 0.6) is 0 Å². The molecule has 0 fully saturated rings. The summed E-state index contributed by atoms with van der Waals surface area (Å²) >= 11 is 1.27. The number of hydrogen-bond donors (Lipinski definition) is 3. The number of methoxy groups -OCH3 is 1. The van der Waals surface area contributed by atoms with Crippen LogP contribution in [0.1, 0.15) is 50.2 Å². The molecular formula is C14H26N4O2S. The van der Waals surface area contributed by atoms with Crippen LogP contribution in [0.15, 0.2) is 0 Å². The molecule has 1 atom stereocenters. The fourth-order valence-electron chi connectivity index (χ4n) is 1.87. The van der Waals surface area contributed by atoms with E-state index in [-0.39, 0.29) is 23.3 Å². The number of carbonyl (C=O) groups excluding carboxylic acids is 1. The Hall–Kier alpha value is -1.34. The van der Waals surface area contributed by atoms with Gasteiger partial charge in [0.25, 0.3) is 5.91 Å². The first-order valence-electron chi connectivity index (χ1n) is 7.11. The second-order valence-electron chi connectivity index (χ2n) is 6.02. The third kappa shape index (κ3) is 5.89. The van der Waals surface area contributed by atoms with Crippen molar-refractivity contribution in [3.63, 3.8) is 0 Å². The van der Waals surface area contributed by atoms with Crippen LogP contribution in [-0.4, -0.2) is 36.2 Å². The summed E-state index contributed by atoms with van der Waals surface area (Å²) in [5.41, 5.74) is 5.73. The van der Waals surface area contributed by atoms with E-state index in [9.17, 15) is 4.79 Å². The maximum absolute atomic E-state index is 12.3. The summed E-state index contributed by atoms with van der Waals surface area (Å²) in [4.78, 5) is 17.0. The third-order valence-corrected chi connectivity index (χ3v) is 3.67. The molecule has 0 saturated heterocycles. The molecule has 6 nitrogen and oxygen atoms in total. The molecule has 4 N–H and O–H groups in total. The Kier molecular flexibility index (Phi) is 6.42. The molecule has 1 aromatic rings. The number of nitrogen functional groups attached to an aromatic ring is 1. The first-order chi connectivity index (χ1) is 9.76. The number of hydrogen-bond acceptors (Lipinski definition) is 6. The highest BCUT2D eigenvalue weighted by molar-refractivity contribution is 7.18. The number of thiazole rings is 1. The van der Waals surface area contributed by atoms with Crippen molar-refractivity contribution in [2.75, 3.05) is 24.8 Å². The minimum Gasteiger partial charge on any atom is -0.383 e. The number of carbonyl (C=O) groups is 1. The van der Waals surface area contributed by atoms with Crippen LogP contribution in [0.3, 0.4) is 0 Å². The van der Waals surface area contributed by atoms with Crippen molar-refractivity contribution in [2.24, 2.45) is 0 Å². The summed E-state index contributed by atoms with van der Waals surface area (Å²) in [6.07, 6.45) is 1.84. The topological polar surface area (TPSA) is 89.3 Å². The van der Waals surface area contributed by atoms with E-state index in [1.165, 1.54) is 11.3 Å². The largest absolute Gasteiger partial charge is 0.383 e. The van der Waals surface area contributed by atoms with Crippen LogP contribution in [0, 0.1) is 0 Å². The first-order valence-corrected chi connectivity index (χ1v) is 7.92. The fraction of sp³-hybridized carbons (Fsp3) is 0.714. The van der Waals surface area contributed by atoms with Gasteiger partial charge in [-0.2, -0.15) is 0 Å². The Labute approximate surface area is 130 Å². The van der Waals surface area contributed by atoms with Crippen molar-refractivity contribution >= 4 is 28.2 Å². The molecule has 7 heteroatoms. The molecule has 0 radical (unpaired) electrons. The molecule has 1 rings (SSSR count). The van der Waals surface area contributed by atoms with Crippen molar-refractivity contribution in [1.29, 1.82) is 0 Å². The Morgan fingerprint density at radius 1 is 1.48 bits per heavy atom. The lowest BCUT2D eigenvalue weighted by atomic mass is 10.1. The normalized spacial score (nSPS) is 13.0. The molecule has 0 aliphatic heterocycles. The smallest absolute Gasteiger partial charge is 0.265 e. The van der Waals surface area contributed by atoms with Crippen LogP contribution in [0.4, 0.5) is 10.9 Å². The number of nitrogens with zero attached hydrogens (tertiary/aromatic N) is 1. The number of aromatic nitrogens is 1. The van der Waals surface area contributed by atoms with E-state index in [0.717, 1.165) is 12.8 Å². The molecular weight excluding hydrogens is 288 g/mol. The lowest BCUT2D eigenvalue weighted by Gasteiger charge is -2.19. The maximum atomic E-state index is 12.3. The molecule has 120 valence electrons. The van der Waals surface area contributed by atoms with Gasteiger partial charge in [-0.1, -0.05) is 24.7 Å². The van der Waals surface area contributed by atoms with Gasteiger partial charge in [-0.15, -0.1) is 0 Å². The van der Waals surface area contributed by atoms with E-state index in [4.69, 9.17) is 10.5 Å². The summed E-state index contributed by atoms with van der Waals surface area (Å²) in [5.74, 6) is 0.0689. The van der Waals surface area contributed by atoms with Crippen molar-refractivity contribution < 1.29 is 9.53 Å². The van der Waals surface area contributed by atoms with E-state index in [0.29, 0.717) is 16.6 Å². The quantitative estimate of drug-likeness (QED) is 0.719. The number of nitrogens with one attached hydrogen (secondary N) is 2. The molecule has 0 bridgehead atoms. The predicted molar refractivity (Wildman–Crippen MR) is 87.9 cm³/mol. The van der Waals surface area contributed by atoms with Crippen LogP contribution >= 0.6 is 11.3 Å². The van der Waals surface area contributed by atoms with Gasteiger partial charge in [0.05, 0.1) is 12.6 Å². The van der Waals surface area contributed by atoms with Crippen LogP contribution in [0.2, 0.25) is 0 Å². The lowest BCUT2D eigenvalue weighted by molar-refractivity contribution is 0.0896. The predicted octanol–water partition coefficient (Wildman–Crippen LogP) is 2.48. The average molecular weight is 314 g/mol. The zero-order chi connectivity index (χ0) is 16.0. The van der Waals surface area contributed by atoms with E-state index in [1.807, 2.05) is 20.8 Å². The molecule has 1 heterocycles. The standard InChI is InChI=1S/C14H26N4O2S/c1-6-7-9(8-20-5)16-12(19)10-11(15)17-13(21-10)18-14(2,3)4/h9H,6-8,15H2,1-5H3,(H,16,19)(H,17,18). The molecule has 1 aromatic heterocycles. The number of ether oxygens (including phenoxy) is 1. The minimum absolute atomic E-state index is 0.00646. The van der Waals surface area contributed by atoms with Gasteiger partial charge in [0, 0.05) is 12.6 Å². The number of rotatable bonds is 7. The Bertz CT molecular complexity index is 462. The molecule has 0 saturated carbocycles. The number of anilines is 2. The third-order valence-electron chi connectivity index (χ3n) is 2.68. The number of amides is 1. The Morgan fingerprint density at radius 2 is 2.14 bits per heavy atom. The molecule has 21 heavy (non-hydrogen) atoms. The Morgan fingerprint density at radius 3 is 2.67 bits per heavy atom. The second kappa shape index (κ2) is 7.61. The van der Waals surface area contributed by atoms with Crippen molar-refractivity contribution in [3.8, 4) is 0 Å². The second-order valence-corrected chi connectivity index (χ2v) is 7.02. The molecule has 0 aliphatic carbocycles. The highest BCUT2D eigenvalue weighted by atomic mass is 32.1. The average Bonchev–Trinajstić information content (AvgIpc) is 2.68. The zero-order valence-electron chi connectivity index (χ0n) is 13.4. The van der Waals surface area contributed by atoms with Gasteiger partial charge < -0.3 is 21.1 Å². The highest BCUT2D eigenvalue weighted by Gasteiger charge is 2.21. The van der Waals surface area contributed by atoms with Crippen molar-refractivity contribution in [2.45, 2.75) is 52.1 Å². The maximum Gasteiger partial charge on any atom is 0.265 e. The highest BCUT2D eigenvalue weighted by Crippen LogP contribution is 2.27. The van der Waals surface area contributed by atoms with Gasteiger partial charge in [-0.25, -0.2) is 4.98 Å². The molecule has 0 aromatic carbocycles. The van der Waals surface area contributed by atoms with Crippen molar-refractivity contribution in [3.05, 3.63) is 4.88 Å². The van der Waals surface area contributed by atoms with Crippen LogP contribution in [-0.2, 0) is 4.74 Å². The molecule has 0 spiro atoms. The minimum atomic E-state index is -0.192. The van der Waals surface area contributed by atoms with E-state index >= 15 is 0 Å². The summed E-state index contributed by atoms with van der Waals surface area (Å²) in [7, 11) is 1.63. The summed E-state index contributed by atoms with van der Waals surface area (Å²) in [6.45, 7) is 8.65. The SMILES string of the molecule is CCCC(COC)NC(=O)c1sc(NC(C)(C)C)nc1N. The van der Waals surface area contributed by atoms with Crippen molar-refractivity contribution in [1.82, 2.24) is 10.3 Å². The number of nitrogens with two attached hydrogens (primary N) is 1. The summed E-state index contributed by atoms with van der Waals surface area (Å²) in [6, 6.07) is -0.00646.